The summed E-state index contributed by atoms with van der Waals surface area (Å²) in [5.41, 5.74) is 6.47. The fraction of sp³-hybridized carbons (Fsp3) is 0.130. The number of hydrogen-bond donors (Lipinski definition) is 1. The summed E-state index contributed by atoms with van der Waals surface area (Å²) < 4.78 is 1.83. The number of halogens is 1. The summed E-state index contributed by atoms with van der Waals surface area (Å²) in [5, 5.41) is 15.9. The molecule has 28 heavy (non-hydrogen) atoms. The van der Waals surface area contributed by atoms with Gasteiger partial charge in [0.25, 0.3) is 0 Å². The van der Waals surface area contributed by atoms with E-state index in [1.807, 2.05) is 42.9 Å². The van der Waals surface area contributed by atoms with Crippen LogP contribution in [0.4, 0.5) is 0 Å². The maximum Gasteiger partial charge on any atom is 0.125 e. The summed E-state index contributed by atoms with van der Waals surface area (Å²) in [7, 11) is 0. The maximum atomic E-state index is 10.4. The van der Waals surface area contributed by atoms with Gasteiger partial charge in [-0.3, -0.25) is 0 Å². The van der Waals surface area contributed by atoms with Crippen LogP contribution in [0, 0.1) is 6.92 Å². The zero-order valence-electron chi connectivity index (χ0n) is 15.8. The number of rotatable bonds is 4. The molecule has 0 spiro atoms. The van der Waals surface area contributed by atoms with E-state index >= 15 is 0 Å². The van der Waals surface area contributed by atoms with E-state index in [-0.39, 0.29) is 5.75 Å². The molecule has 0 atom stereocenters. The lowest BCUT2D eigenvalue weighted by molar-refractivity contribution is 0.481. The van der Waals surface area contributed by atoms with Gasteiger partial charge in [0.15, 0.2) is 0 Å². The molecule has 4 rings (SSSR count). The van der Waals surface area contributed by atoms with Gasteiger partial charge < -0.3 is 5.11 Å². The summed E-state index contributed by atoms with van der Waals surface area (Å²) in [4.78, 5) is 4.74. The number of nitrogens with zero attached hydrogens (tertiary/aromatic N) is 3. The molecule has 0 bridgehead atoms. The van der Waals surface area contributed by atoms with E-state index in [2.05, 4.69) is 23.8 Å². The number of hydrogen-bond acceptors (Lipinski definition) is 3. The minimum absolute atomic E-state index is 0.188. The van der Waals surface area contributed by atoms with Gasteiger partial charge in [0, 0.05) is 17.8 Å². The van der Waals surface area contributed by atoms with E-state index in [0.717, 1.165) is 33.6 Å². The van der Waals surface area contributed by atoms with Crippen LogP contribution < -0.4 is 0 Å². The van der Waals surface area contributed by atoms with Crippen molar-refractivity contribution in [2.45, 2.75) is 20.3 Å². The molecule has 4 nitrogen and oxygen atoms in total. The molecule has 5 heteroatoms. The first-order chi connectivity index (χ1) is 13.5. The summed E-state index contributed by atoms with van der Waals surface area (Å²) in [6.07, 6.45) is 4.36. The van der Waals surface area contributed by atoms with Gasteiger partial charge in [-0.15, -0.1) is 0 Å². The third kappa shape index (κ3) is 3.16. The second-order valence-electron chi connectivity index (χ2n) is 6.93. The van der Waals surface area contributed by atoms with Crippen molar-refractivity contribution >= 4 is 28.1 Å². The van der Waals surface area contributed by atoms with Crippen molar-refractivity contribution in [1.82, 2.24) is 14.8 Å². The summed E-state index contributed by atoms with van der Waals surface area (Å²) in [6, 6.07) is 13.4. The van der Waals surface area contributed by atoms with E-state index in [9.17, 15) is 5.11 Å². The van der Waals surface area contributed by atoms with Crippen LogP contribution >= 0.6 is 11.6 Å². The number of aromatic nitrogens is 3. The molecular weight excluding hydrogens is 370 g/mol. The molecule has 0 aliphatic rings. The maximum absolute atomic E-state index is 10.4. The van der Waals surface area contributed by atoms with Crippen LogP contribution in [-0.4, -0.2) is 19.9 Å². The van der Waals surface area contributed by atoms with Gasteiger partial charge in [-0.05, 0) is 72.9 Å². The van der Waals surface area contributed by atoms with Gasteiger partial charge in [-0.2, -0.15) is 5.10 Å². The highest BCUT2D eigenvalue weighted by Gasteiger charge is 2.17. The Kier molecular flexibility index (Phi) is 4.65. The van der Waals surface area contributed by atoms with Crippen molar-refractivity contribution in [2.75, 3.05) is 0 Å². The fourth-order valence-corrected chi connectivity index (χ4v) is 3.70. The third-order valence-electron chi connectivity index (χ3n) is 4.93. The van der Waals surface area contributed by atoms with Crippen LogP contribution in [0.5, 0.6) is 5.75 Å². The van der Waals surface area contributed by atoms with E-state index in [0.29, 0.717) is 22.3 Å². The Balaban J connectivity index is 1.81. The minimum Gasteiger partial charge on any atom is -0.507 e. The largest absolute Gasteiger partial charge is 0.507 e. The van der Waals surface area contributed by atoms with Gasteiger partial charge in [-0.1, -0.05) is 30.3 Å². The van der Waals surface area contributed by atoms with Crippen molar-refractivity contribution in [3.05, 3.63) is 88.8 Å². The average molecular weight is 390 g/mol. The zero-order chi connectivity index (χ0) is 19.8. The second-order valence-corrected chi connectivity index (χ2v) is 7.34. The number of pyridine rings is 1. The molecule has 2 aromatic carbocycles. The quantitative estimate of drug-likeness (QED) is 0.486. The Morgan fingerprint density at radius 2 is 1.93 bits per heavy atom. The van der Waals surface area contributed by atoms with Crippen molar-refractivity contribution < 1.29 is 5.11 Å². The molecule has 140 valence electrons. The van der Waals surface area contributed by atoms with Crippen LogP contribution in [0.15, 0.2) is 61.4 Å². The predicted molar refractivity (Wildman–Crippen MR) is 114 cm³/mol. The molecule has 1 N–H and O–H groups in total. The van der Waals surface area contributed by atoms with Gasteiger partial charge in [0.2, 0.25) is 0 Å². The van der Waals surface area contributed by atoms with Gasteiger partial charge in [0.05, 0.1) is 21.9 Å². The fourth-order valence-electron chi connectivity index (χ4n) is 3.50. The monoisotopic (exact) mass is 389 g/mol. The van der Waals surface area contributed by atoms with Crippen molar-refractivity contribution in [3.63, 3.8) is 0 Å². The minimum atomic E-state index is 0.188. The van der Waals surface area contributed by atoms with Crippen molar-refractivity contribution in [2.24, 2.45) is 0 Å². The second kappa shape index (κ2) is 7.13. The van der Waals surface area contributed by atoms with Gasteiger partial charge in [0.1, 0.15) is 5.75 Å². The Morgan fingerprint density at radius 3 is 2.57 bits per heavy atom. The lowest BCUT2D eigenvalue weighted by Crippen LogP contribution is -2.03. The van der Waals surface area contributed by atoms with Crippen molar-refractivity contribution in [3.8, 4) is 11.4 Å². The number of allylic oxidation sites excluding steroid dienone is 1. The van der Waals surface area contributed by atoms with E-state index in [1.165, 1.54) is 0 Å². The Bertz CT molecular complexity index is 1180. The molecule has 0 saturated heterocycles. The summed E-state index contributed by atoms with van der Waals surface area (Å²) in [5.74, 6) is 0.188. The molecule has 0 saturated carbocycles. The molecular formula is C23H20ClN3O. The highest BCUT2D eigenvalue weighted by Crippen LogP contribution is 2.36. The number of aryl methyl sites for hydroxylation is 1. The number of fused-ring (bicyclic) bond motifs is 1. The van der Waals surface area contributed by atoms with E-state index < -0.39 is 0 Å². The van der Waals surface area contributed by atoms with Crippen LogP contribution in [0.25, 0.3) is 22.2 Å². The summed E-state index contributed by atoms with van der Waals surface area (Å²) >= 11 is 6.34. The zero-order valence-corrected chi connectivity index (χ0v) is 16.5. The van der Waals surface area contributed by atoms with Crippen molar-refractivity contribution in [1.29, 1.82) is 0 Å². The number of phenols is 1. The molecule has 4 aromatic rings. The molecule has 0 radical (unpaired) electrons. The average Bonchev–Trinajstić information content (AvgIpc) is 3.21. The Labute approximate surface area is 168 Å². The highest BCUT2D eigenvalue weighted by atomic mass is 35.5. The standard InChI is InChI=1S/C23H20ClN3O/c1-14(2)22-18(15(3)21-20(28)10-9-19(24)23(21)26-22)13-16-5-7-17(8-6-16)27-12-4-11-25-27/h4-12,28H,1,13H2,2-3H3. The Morgan fingerprint density at radius 1 is 1.18 bits per heavy atom. The van der Waals surface area contributed by atoms with Gasteiger partial charge >= 0.3 is 0 Å². The first-order valence-electron chi connectivity index (χ1n) is 9.01. The van der Waals surface area contributed by atoms with Crippen LogP contribution in [0.2, 0.25) is 5.02 Å². The van der Waals surface area contributed by atoms with Crippen LogP contribution in [0.3, 0.4) is 0 Å². The molecule has 2 aromatic heterocycles. The number of aromatic hydroxyl groups is 1. The molecule has 0 unspecified atom stereocenters. The third-order valence-corrected chi connectivity index (χ3v) is 5.24. The highest BCUT2D eigenvalue weighted by molar-refractivity contribution is 6.35. The SMILES string of the molecule is C=C(C)c1nc2c(Cl)ccc(O)c2c(C)c1Cc1ccc(-n2cccn2)cc1. The number of phenolic OH excluding ortho intramolecular Hbond substituents is 1. The summed E-state index contributed by atoms with van der Waals surface area (Å²) in [6.45, 7) is 8.03. The Hall–Kier alpha value is -3.11. The number of benzene rings is 2. The van der Waals surface area contributed by atoms with Crippen LogP contribution in [0.1, 0.15) is 29.3 Å². The normalized spacial score (nSPS) is 11.1. The smallest absolute Gasteiger partial charge is 0.125 e. The molecule has 0 aliphatic carbocycles. The molecule has 2 heterocycles. The van der Waals surface area contributed by atoms with Crippen LogP contribution in [-0.2, 0) is 6.42 Å². The molecule has 0 aliphatic heterocycles. The lowest BCUT2D eigenvalue weighted by Gasteiger charge is -2.17. The first-order valence-corrected chi connectivity index (χ1v) is 9.39. The predicted octanol–water partition coefficient (Wildman–Crippen LogP) is 5.71. The molecule has 0 amide bonds. The molecule has 0 fully saturated rings. The topological polar surface area (TPSA) is 50.9 Å². The van der Waals surface area contributed by atoms with E-state index in [4.69, 9.17) is 16.6 Å². The van der Waals surface area contributed by atoms with Gasteiger partial charge in [-0.25, -0.2) is 9.67 Å². The van der Waals surface area contributed by atoms with E-state index in [1.54, 1.807) is 18.3 Å². The lowest BCUT2D eigenvalue weighted by atomic mass is 9.93. The first kappa shape index (κ1) is 18.3.